The highest BCUT2D eigenvalue weighted by Crippen LogP contribution is 2.22. The van der Waals surface area contributed by atoms with Gasteiger partial charge in [-0.05, 0) is 52.0 Å². The van der Waals surface area contributed by atoms with Gasteiger partial charge in [-0.2, -0.15) is 0 Å². The van der Waals surface area contributed by atoms with Crippen LogP contribution < -0.4 is 5.32 Å². The van der Waals surface area contributed by atoms with Gasteiger partial charge in [-0.25, -0.2) is 4.39 Å². The molecule has 0 spiro atoms. The van der Waals surface area contributed by atoms with E-state index in [1.54, 1.807) is 17.4 Å². The zero-order valence-corrected chi connectivity index (χ0v) is 12.7. The summed E-state index contributed by atoms with van der Waals surface area (Å²) >= 11 is 4.67. The normalized spacial score (nSPS) is 12.2. The van der Waals surface area contributed by atoms with Crippen molar-refractivity contribution in [3.8, 4) is 0 Å². The first-order valence-corrected chi connectivity index (χ1v) is 7.58. The molecule has 1 unspecified atom stereocenters. The highest BCUT2D eigenvalue weighted by molar-refractivity contribution is 9.10. The van der Waals surface area contributed by atoms with Crippen molar-refractivity contribution < 1.29 is 9.18 Å². The van der Waals surface area contributed by atoms with Gasteiger partial charge in [0.25, 0.3) is 5.91 Å². The van der Waals surface area contributed by atoms with Crippen LogP contribution in [0.2, 0.25) is 0 Å². The second-order valence-corrected chi connectivity index (χ2v) is 5.91. The van der Waals surface area contributed by atoms with E-state index in [2.05, 4.69) is 21.2 Å². The van der Waals surface area contributed by atoms with Gasteiger partial charge in [-0.1, -0.05) is 13.0 Å². The van der Waals surface area contributed by atoms with Gasteiger partial charge in [0.05, 0.1) is 10.5 Å². The topological polar surface area (TPSA) is 29.1 Å². The van der Waals surface area contributed by atoms with E-state index >= 15 is 0 Å². The van der Waals surface area contributed by atoms with Gasteiger partial charge in [-0.3, -0.25) is 4.79 Å². The number of benzene rings is 1. The second kappa shape index (κ2) is 6.30. The van der Waals surface area contributed by atoms with Gasteiger partial charge in [0, 0.05) is 10.4 Å². The Balaban J connectivity index is 2.13. The van der Waals surface area contributed by atoms with Crippen LogP contribution in [0.5, 0.6) is 0 Å². The molecule has 5 heteroatoms. The predicted octanol–water partition coefficient (Wildman–Crippen LogP) is 4.53. The van der Waals surface area contributed by atoms with Gasteiger partial charge < -0.3 is 5.32 Å². The molecule has 0 aliphatic heterocycles. The lowest BCUT2D eigenvalue weighted by Crippen LogP contribution is -2.27. The lowest BCUT2D eigenvalue weighted by atomic mass is 10.1. The minimum Gasteiger partial charge on any atom is -0.344 e. The van der Waals surface area contributed by atoms with Crippen LogP contribution >= 0.6 is 27.3 Å². The zero-order chi connectivity index (χ0) is 13.8. The van der Waals surface area contributed by atoms with E-state index in [1.165, 1.54) is 12.1 Å². The zero-order valence-electron chi connectivity index (χ0n) is 10.3. The Labute approximate surface area is 123 Å². The summed E-state index contributed by atoms with van der Waals surface area (Å²) in [6, 6.07) is 8.29. The number of hydrogen-bond donors (Lipinski definition) is 1. The van der Waals surface area contributed by atoms with Crippen LogP contribution in [0.4, 0.5) is 4.39 Å². The minimum atomic E-state index is -0.433. The van der Waals surface area contributed by atoms with Gasteiger partial charge in [0.15, 0.2) is 0 Å². The van der Waals surface area contributed by atoms with Crippen LogP contribution in [0, 0.1) is 5.82 Å². The smallest absolute Gasteiger partial charge is 0.251 e. The molecule has 1 aromatic carbocycles. The fourth-order valence-electron chi connectivity index (χ4n) is 1.74. The third-order valence-corrected chi connectivity index (χ3v) is 4.41. The summed E-state index contributed by atoms with van der Waals surface area (Å²) in [4.78, 5) is 13.2. The number of hydrogen-bond acceptors (Lipinski definition) is 2. The quantitative estimate of drug-likeness (QED) is 0.869. The number of rotatable bonds is 4. The summed E-state index contributed by atoms with van der Waals surface area (Å²) in [6.07, 6.45) is 0.797. The molecule has 0 radical (unpaired) electrons. The van der Waals surface area contributed by atoms with E-state index in [0.717, 1.165) is 11.3 Å². The molecule has 0 saturated heterocycles. The van der Waals surface area contributed by atoms with Crippen LogP contribution in [0.25, 0.3) is 0 Å². The molecule has 0 aliphatic rings. The molecule has 1 amide bonds. The third kappa shape index (κ3) is 3.42. The molecule has 2 nitrogen and oxygen atoms in total. The first-order chi connectivity index (χ1) is 9.11. The molecule has 1 atom stereocenters. The Morgan fingerprint density at radius 1 is 1.47 bits per heavy atom. The number of carbonyl (C=O) groups is 1. The van der Waals surface area contributed by atoms with Crippen molar-refractivity contribution in [2.45, 2.75) is 19.4 Å². The molecule has 1 heterocycles. The van der Waals surface area contributed by atoms with Crippen LogP contribution in [-0.4, -0.2) is 5.91 Å². The van der Waals surface area contributed by atoms with E-state index in [-0.39, 0.29) is 11.9 Å². The second-order valence-electron chi connectivity index (χ2n) is 4.08. The van der Waals surface area contributed by atoms with Gasteiger partial charge in [0.1, 0.15) is 5.82 Å². The Morgan fingerprint density at radius 2 is 2.26 bits per heavy atom. The maximum atomic E-state index is 13.4. The fraction of sp³-hybridized carbons (Fsp3) is 0.214. The van der Waals surface area contributed by atoms with Gasteiger partial charge in [0.2, 0.25) is 0 Å². The van der Waals surface area contributed by atoms with Crippen LogP contribution in [-0.2, 0) is 0 Å². The molecule has 0 fully saturated rings. The van der Waals surface area contributed by atoms with Crippen molar-refractivity contribution >= 4 is 33.2 Å². The first-order valence-electron chi connectivity index (χ1n) is 5.91. The highest BCUT2D eigenvalue weighted by Gasteiger charge is 2.15. The predicted molar refractivity (Wildman–Crippen MR) is 78.9 cm³/mol. The first kappa shape index (κ1) is 14.2. The summed E-state index contributed by atoms with van der Waals surface area (Å²) in [5, 5.41) is 4.90. The van der Waals surface area contributed by atoms with Crippen molar-refractivity contribution in [1.29, 1.82) is 0 Å². The Morgan fingerprint density at radius 3 is 2.84 bits per heavy atom. The maximum Gasteiger partial charge on any atom is 0.251 e. The van der Waals surface area contributed by atoms with Gasteiger partial charge in [-0.15, -0.1) is 11.3 Å². The third-order valence-electron chi connectivity index (χ3n) is 2.78. The molecule has 2 aromatic rings. The monoisotopic (exact) mass is 341 g/mol. The Kier molecular flexibility index (Phi) is 4.71. The number of amides is 1. The van der Waals surface area contributed by atoms with Crippen LogP contribution in [0.3, 0.4) is 0 Å². The molecule has 0 aliphatic carbocycles. The van der Waals surface area contributed by atoms with Crippen LogP contribution in [0.1, 0.15) is 34.6 Å². The van der Waals surface area contributed by atoms with E-state index < -0.39 is 5.82 Å². The molecule has 100 valence electrons. The summed E-state index contributed by atoms with van der Waals surface area (Å²) in [5.74, 6) is -0.691. The fourth-order valence-corrected chi connectivity index (χ4v) is 2.85. The van der Waals surface area contributed by atoms with Crippen molar-refractivity contribution in [3.63, 3.8) is 0 Å². The molecule has 19 heavy (non-hydrogen) atoms. The number of carbonyl (C=O) groups excluding carboxylic acids is 1. The molecule has 1 aromatic heterocycles. The van der Waals surface area contributed by atoms with E-state index in [1.807, 2.05) is 24.4 Å². The number of halogens is 2. The van der Waals surface area contributed by atoms with Gasteiger partial charge >= 0.3 is 0 Å². The van der Waals surface area contributed by atoms with Crippen molar-refractivity contribution in [3.05, 3.63) is 56.4 Å². The Hall–Kier alpha value is -1.20. The number of thiophene rings is 1. The minimum absolute atomic E-state index is 0.0285. The molecular formula is C14H13BrFNOS. The number of nitrogens with one attached hydrogen (secondary N) is 1. The van der Waals surface area contributed by atoms with Crippen molar-refractivity contribution in [1.82, 2.24) is 5.32 Å². The average molecular weight is 342 g/mol. The molecule has 0 bridgehead atoms. The Bertz CT molecular complexity index is 571. The molecular weight excluding hydrogens is 329 g/mol. The van der Waals surface area contributed by atoms with Crippen molar-refractivity contribution in [2.75, 3.05) is 0 Å². The molecule has 0 saturated carbocycles. The molecule has 1 N–H and O–H groups in total. The molecule has 2 rings (SSSR count). The lowest BCUT2D eigenvalue weighted by Gasteiger charge is -2.15. The summed E-state index contributed by atoms with van der Waals surface area (Å²) < 4.78 is 13.8. The average Bonchev–Trinajstić information content (AvgIpc) is 2.92. The SMILES string of the molecule is CCC(NC(=O)c1ccc(Br)c(F)c1)c1cccs1. The van der Waals surface area contributed by atoms with Crippen molar-refractivity contribution in [2.24, 2.45) is 0 Å². The van der Waals surface area contributed by atoms with E-state index in [9.17, 15) is 9.18 Å². The summed E-state index contributed by atoms with van der Waals surface area (Å²) in [5.41, 5.74) is 0.329. The summed E-state index contributed by atoms with van der Waals surface area (Å²) in [6.45, 7) is 2.01. The largest absolute Gasteiger partial charge is 0.344 e. The van der Waals surface area contributed by atoms with Crippen LogP contribution in [0.15, 0.2) is 40.2 Å². The van der Waals surface area contributed by atoms with E-state index in [0.29, 0.717) is 10.0 Å². The standard InChI is InChI=1S/C14H13BrFNOS/c1-2-12(13-4-3-7-19-13)17-14(18)9-5-6-10(15)11(16)8-9/h3-8,12H,2H2,1H3,(H,17,18). The highest BCUT2D eigenvalue weighted by atomic mass is 79.9. The maximum absolute atomic E-state index is 13.4. The summed E-state index contributed by atoms with van der Waals surface area (Å²) in [7, 11) is 0. The lowest BCUT2D eigenvalue weighted by molar-refractivity contribution is 0.0936. The van der Waals surface area contributed by atoms with E-state index in [4.69, 9.17) is 0 Å².